The molecule has 3 aromatic rings. The predicted octanol–water partition coefficient (Wildman–Crippen LogP) is 2.27. The van der Waals surface area contributed by atoms with Gasteiger partial charge in [0, 0.05) is 30.0 Å². The second kappa shape index (κ2) is 6.98. The summed E-state index contributed by atoms with van der Waals surface area (Å²) in [6.07, 6.45) is 4.41. The number of fused-ring (bicyclic) bond motifs is 3. The lowest BCUT2D eigenvalue weighted by molar-refractivity contribution is -0.944. The van der Waals surface area contributed by atoms with Gasteiger partial charge in [0.15, 0.2) is 0 Å². The molecule has 0 spiro atoms. The van der Waals surface area contributed by atoms with Gasteiger partial charge in [-0.3, -0.25) is 0 Å². The zero-order valence-electron chi connectivity index (χ0n) is 14.3. The minimum atomic E-state index is -0.284. The molecule has 2 aromatic carbocycles. The van der Waals surface area contributed by atoms with Crippen LogP contribution in [0.4, 0.5) is 0 Å². The predicted molar refractivity (Wildman–Crippen MR) is 98.9 cm³/mol. The van der Waals surface area contributed by atoms with Gasteiger partial charge in [0.25, 0.3) is 0 Å². The summed E-state index contributed by atoms with van der Waals surface area (Å²) in [6, 6.07) is 14.3. The van der Waals surface area contributed by atoms with E-state index in [2.05, 4.69) is 12.1 Å². The molecule has 0 aliphatic carbocycles. The Bertz CT molecular complexity index is 945. The van der Waals surface area contributed by atoms with Gasteiger partial charge in [-0.1, -0.05) is 30.3 Å². The van der Waals surface area contributed by atoms with Gasteiger partial charge >= 0.3 is 5.63 Å². The summed E-state index contributed by atoms with van der Waals surface area (Å²) in [5.41, 5.74) is 1.44. The normalized spacial score (nSPS) is 21.0. The van der Waals surface area contributed by atoms with E-state index in [1.165, 1.54) is 17.7 Å². The van der Waals surface area contributed by atoms with Crippen LogP contribution < -0.4 is 10.5 Å². The first-order chi connectivity index (χ1) is 12.3. The molecule has 4 nitrogen and oxygen atoms in total. The average molecular weight is 338 g/mol. The van der Waals surface area contributed by atoms with E-state index in [4.69, 9.17) is 4.42 Å². The van der Waals surface area contributed by atoms with Crippen molar-refractivity contribution in [3.63, 3.8) is 0 Å². The second-order valence-electron chi connectivity index (χ2n) is 7.04. The second-order valence-corrected chi connectivity index (χ2v) is 7.04. The number of aliphatic hydroxyl groups excluding tert-OH is 1. The lowest BCUT2D eigenvalue weighted by Crippen LogP contribution is -3.15. The zero-order chi connectivity index (χ0) is 17.2. The van der Waals surface area contributed by atoms with Crippen molar-refractivity contribution in [2.45, 2.75) is 38.3 Å². The van der Waals surface area contributed by atoms with Crippen LogP contribution in [-0.4, -0.2) is 24.3 Å². The number of likely N-dealkylation sites (tertiary alicyclic amines) is 1. The number of benzene rings is 2. The smallest absolute Gasteiger partial charge is 0.336 e. The Labute approximate surface area is 146 Å². The third kappa shape index (κ3) is 3.20. The van der Waals surface area contributed by atoms with Gasteiger partial charge in [-0.05, 0) is 36.1 Å². The van der Waals surface area contributed by atoms with Crippen molar-refractivity contribution in [3.8, 4) is 0 Å². The number of hydrogen-bond acceptors (Lipinski definition) is 3. The summed E-state index contributed by atoms with van der Waals surface area (Å²) in [6.45, 7) is 2.13. The quantitative estimate of drug-likeness (QED) is 0.567. The molecule has 2 atom stereocenters. The molecular formula is C21H24NO3+. The van der Waals surface area contributed by atoms with E-state index in [-0.39, 0.29) is 12.2 Å². The highest BCUT2D eigenvalue weighted by Gasteiger charge is 2.26. The minimum Gasteiger partial charge on any atom is -0.423 e. The summed E-state index contributed by atoms with van der Waals surface area (Å²) in [5.74, 6) is 0. The largest absolute Gasteiger partial charge is 0.423 e. The van der Waals surface area contributed by atoms with Crippen molar-refractivity contribution in [3.05, 3.63) is 58.4 Å². The molecule has 1 aliphatic heterocycles. The molecule has 25 heavy (non-hydrogen) atoms. The van der Waals surface area contributed by atoms with Crippen molar-refractivity contribution in [1.29, 1.82) is 0 Å². The maximum atomic E-state index is 12.1. The fourth-order valence-electron chi connectivity index (χ4n) is 4.29. The maximum absolute atomic E-state index is 12.1. The van der Waals surface area contributed by atoms with E-state index in [1.807, 2.05) is 24.3 Å². The number of hydrogen-bond donors (Lipinski definition) is 2. The first kappa shape index (κ1) is 16.3. The standard InChI is InChI=1S/C21H23NO3/c23-12-10-17-6-3-4-11-22(17)14-16-13-20(24)25-19-9-8-15-5-1-2-7-18(15)21(16)19/h1-2,5,7-9,13,17,23H,3-4,6,10-12,14H2/p+1/t17-/m0/s1. The number of quaternary nitrogens is 1. The molecule has 0 radical (unpaired) electrons. The van der Waals surface area contributed by atoms with E-state index >= 15 is 0 Å². The van der Waals surface area contributed by atoms with Crippen LogP contribution in [0.2, 0.25) is 0 Å². The topological polar surface area (TPSA) is 54.9 Å². The van der Waals surface area contributed by atoms with Crippen LogP contribution in [0.15, 0.2) is 51.7 Å². The van der Waals surface area contributed by atoms with Gasteiger partial charge in [-0.15, -0.1) is 0 Å². The summed E-state index contributed by atoms with van der Waals surface area (Å²) in [7, 11) is 0. The Balaban J connectivity index is 1.82. The van der Waals surface area contributed by atoms with Crippen LogP contribution >= 0.6 is 0 Å². The van der Waals surface area contributed by atoms with E-state index in [0.717, 1.165) is 47.7 Å². The van der Waals surface area contributed by atoms with E-state index in [1.54, 1.807) is 6.07 Å². The molecule has 4 heteroatoms. The molecular weight excluding hydrogens is 314 g/mol. The summed E-state index contributed by atoms with van der Waals surface area (Å²) in [5, 5.41) is 12.7. The third-order valence-electron chi connectivity index (χ3n) is 5.49. The molecule has 0 amide bonds. The summed E-state index contributed by atoms with van der Waals surface area (Å²) >= 11 is 0. The van der Waals surface area contributed by atoms with E-state index in [9.17, 15) is 9.90 Å². The highest BCUT2D eigenvalue weighted by atomic mass is 16.4. The Morgan fingerprint density at radius 2 is 2.04 bits per heavy atom. The Hall–Kier alpha value is -2.17. The van der Waals surface area contributed by atoms with Gasteiger partial charge in [-0.25, -0.2) is 4.79 Å². The van der Waals surface area contributed by atoms with Gasteiger partial charge in [-0.2, -0.15) is 0 Å². The van der Waals surface area contributed by atoms with Gasteiger partial charge in [0.05, 0.1) is 12.6 Å². The fraction of sp³-hybridized carbons (Fsp3) is 0.381. The van der Waals surface area contributed by atoms with Gasteiger partial charge < -0.3 is 14.4 Å². The Kier molecular flexibility index (Phi) is 4.55. The molecule has 1 aliphatic rings. The van der Waals surface area contributed by atoms with E-state index in [0.29, 0.717) is 11.6 Å². The average Bonchev–Trinajstić information content (AvgIpc) is 2.63. The molecule has 1 fully saturated rings. The van der Waals surface area contributed by atoms with Crippen molar-refractivity contribution >= 4 is 21.7 Å². The Morgan fingerprint density at radius 3 is 2.92 bits per heavy atom. The highest BCUT2D eigenvalue weighted by Crippen LogP contribution is 2.27. The van der Waals surface area contributed by atoms with Crippen LogP contribution in [0.3, 0.4) is 0 Å². The van der Waals surface area contributed by atoms with Gasteiger partial charge in [0.2, 0.25) is 0 Å². The molecule has 0 saturated carbocycles. The van der Waals surface area contributed by atoms with Crippen LogP contribution in [0.1, 0.15) is 31.2 Å². The Morgan fingerprint density at radius 1 is 1.16 bits per heavy atom. The molecule has 130 valence electrons. The maximum Gasteiger partial charge on any atom is 0.336 e. The summed E-state index contributed by atoms with van der Waals surface area (Å²) < 4.78 is 5.47. The van der Waals surface area contributed by atoms with Crippen LogP contribution in [0.25, 0.3) is 21.7 Å². The van der Waals surface area contributed by atoms with Crippen molar-refractivity contribution in [1.82, 2.24) is 0 Å². The first-order valence-corrected chi connectivity index (χ1v) is 9.16. The minimum absolute atomic E-state index is 0.231. The van der Waals surface area contributed by atoms with Gasteiger partial charge in [0.1, 0.15) is 12.1 Å². The molecule has 0 bridgehead atoms. The number of rotatable bonds is 4. The number of aliphatic hydroxyl groups is 1. The molecule has 1 aromatic heterocycles. The molecule has 2 N–H and O–H groups in total. The van der Waals surface area contributed by atoms with Crippen molar-refractivity contribution < 1.29 is 14.4 Å². The fourth-order valence-corrected chi connectivity index (χ4v) is 4.29. The summed E-state index contributed by atoms with van der Waals surface area (Å²) in [4.78, 5) is 13.5. The zero-order valence-corrected chi connectivity index (χ0v) is 14.3. The monoisotopic (exact) mass is 338 g/mol. The lowest BCUT2D eigenvalue weighted by Gasteiger charge is -2.32. The SMILES string of the molecule is O=c1cc(C[NH+]2CCCC[C@H]2CCO)c2c(ccc3ccccc32)o1. The number of piperidine rings is 1. The van der Waals surface area contributed by atoms with Crippen molar-refractivity contribution in [2.75, 3.05) is 13.2 Å². The number of nitrogens with one attached hydrogen (secondary N) is 1. The lowest BCUT2D eigenvalue weighted by atomic mass is 9.97. The van der Waals surface area contributed by atoms with E-state index < -0.39 is 0 Å². The van der Waals surface area contributed by atoms with Crippen molar-refractivity contribution in [2.24, 2.45) is 0 Å². The molecule has 4 rings (SSSR count). The van der Waals surface area contributed by atoms with Crippen LogP contribution in [-0.2, 0) is 6.54 Å². The molecule has 1 saturated heterocycles. The third-order valence-corrected chi connectivity index (χ3v) is 5.49. The van der Waals surface area contributed by atoms with Crippen LogP contribution in [0, 0.1) is 0 Å². The highest BCUT2D eigenvalue weighted by molar-refractivity contribution is 6.06. The molecule has 1 unspecified atom stereocenters. The van der Waals surface area contributed by atoms with Crippen LogP contribution in [0.5, 0.6) is 0 Å². The molecule has 2 heterocycles. The first-order valence-electron chi connectivity index (χ1n) is 9.16.